The smallest absolute Gasteiger partial charge is 0.241 e. The SMILES string of the molecule is O=S(=O)(NCCC(CCO)c1ccsc1)c1ccccc1Br. The average Bonchev–Trinajstić information content (AvgIpc) is 3.00. The molecule has 1 aromatic heterocycles. The van der Waals surface area contributed by atoms with Crippen molar-refractivity contribution in [3.8, 4) is 0 Å². The lowest BCUT2D eigenvalue weighted by Gasteiger charge is -2.15. The van der Waals surface area contributed by atoms with E-state index in [1.807, 2.05) is 16.8 Å². The highest BCUT2D eigenvalue weighted by Gasteiger charge is 2.18. The molecule has 22 heavy (non-hydrogen) atoms. The summed E-state index contributed by atoms with van der Waals surface area (Å²) in [5.74, 6) is 0.165. The molecule has 0 saturated carbocycles. The minimum absolute atomic E-state index is 0.0947. The first-order valence-electron chi connectivity index (χ1n) is 6.91. The molecule has 0 spiro atoms. The molecular formula is C15H18BrNO3S2. The van der Waals surface area contributed by atoms with Gasteiger partial charge in [0, 0.05) is 17.6 Å². The molecule has 120 valence electrons. The van der Waals surface area contributed by atoms with E-state index in [9.17, 15) is 8.42 Å². The van der Waals surface area contributed by atoms with Crippen LogP contribution in [0.4, 0.5) is 0 Å². The van der Waals surface area contributed by atoms with Crippen LogP contribution in [0, 0.1) is 0 Å². The maximum absolute atomic E-state index is 12.3. The molecule has 1 unspecified atom stereocenters. The van der Waals surface area contributed by atoms with E-state index in [0.29, 0.717) is 23.9 Å². The lowest BCUT2D eigenvalue weighted by molar-refractivity contribution is 0.273. The Kier molecular flexibility index (Phi) is 6.58. The van der Waals surface area contributed by atoms with Gasteiger partial charge in [0.25, 0.3) is 0 Å². The summed E-state index contributed by atoms with van der Waals surface area (Å²) in [4.78, 5) is 0.240. The number of aliphatic hydroxyl groups is 1. The van der Waals surface area contributed by atoms with Gasteiger partial charge in [0.15, 0.2) is 0 Å². The summed E-state index contributed by atoms with van der Waals surface area (Å²) < 4.78 is 27.8. The summed E-state index contributed by atoms with van der Waals surface area (Å²) >= 11 is 4.86. The van der Waals surface area contributed by atoms with Crippen LogP contribution in [0.5, 0.6) is 0 Å². The van der Waals surface area contributed by atoms with Gasteiger partial charge in [0.05, 0.1) is 4.90 Å². The summed E-state index contributed by atoms with van der Waals surface area (Å²) in [7, 11) is -3.53. The second kappa shape index (κ2) is 8.21. The highest BCUT2D eigenvalue weighted by atomic mass is 79.9. The first-order valence-corrected chi connectivity index (χ1v) is 10.1. The van der Waals surface area contributed by atoms with E-state index in [2.05, 4.69) is 20.7 Å². The Morgan fingerprint density at radius 3 is 2.64 bits per heavy atom. The number of hydrogen-bond donors (Lipinski definition) is 2. The van der Waals surface area contributed by atoms with Crippen molar-refractivity contribution in [2.24, 2.45) is 0 Å². The van der Waals surface area contributed by atoms with Crippen LogP contribution < -0.4 is 4.72 Å². The van der Waals surface area contributed by atoms with E-state index in [4.69, 9.17) is 5.11 Å². The van der Waals surface area contributed by atoms with E-state index in [-0.39, 0.29) is 17.4 Å². The Morgan fingerprint density at radius 1 is 1.23 bits per heavy atom. The molecule has 0 saturated heterocycles. The lowest BCUT2D eigenvalue weighted by atomic mass is 9.95. The normalized spacial score (nSPS) is 13.2. The molecule has 1 heterocycles. The van der Waals surface area contributed by atoms with Crippen molar-refractivity contribution in [2.75, 3.05) is 13.2 Å². The summed E-state index contributed by atoms with van der Waals surface area (Å²) in [5.41, 5.74) is 1.15. The van der Waals surface area contributed by atoms with E-state index < -0.39 is 10.0 Å². The number of aliphatic hydroxyl groups excluding tert-OH is 1. The second-order valence-corrected chi connectivity index (χ2v) is 8.25. The highest BCUT2D eigenvalue weighted by molar-refractivity contribution is 9.10. The van der Waals surface area contributed by atoms with Crippen molar-refractivity contribution >= 4 is 37.3 Å². The maximum Gasteiger partial charge on any atom is 0.241 e. The molecule has 0 aliphatic carbocycles. The number of sulfonamides is 1. The molecule has 7 heteroatoms. The molecule has 1 aromatic carbocycles. The Hall–Kier alpha value is -0.730. The predicted octanol–water partition coefficient (Wildman–Crippen LogP) is 3.35. The number of thiophene rings is 1. The van der Waals surface area contributed by atoms with Crippen molar-refractivity contribution < 1.29 is 13.5 Å². The van der Waals surface area contributed by atoms with Gasteiger partial charge in [0.2, 0.25) is 10.0 Å². The molecule has 0 radical (unpaired) electrons. The van der Waals surface area contributed by atoms with Gasteiger partial charge in [-0.3, -0.25) is 0 Å². The minimum Gasteiger partial charge on any atom is -0.396 e. The fraction of sp³-hybridized carbons (Fsp3) is 0.333. The van der Waals surface area contributed by atoms with Gasteiger partial charge < -0.3 is 5.11 Å². The van der Waals surface area contributed by atoms with Crippen molar-refractivity contribution in [1.29, 1.82) is 0 Å². The van der Waals surface area contributed by atoms with E-state index in [0.717, 1.165) is 5.56 Å². The van der Waals surface area contributed by atoms with Crippen LogP contribution in [0.1, 0.15) is 24.3 Å². The zero-order chi connectivity index (χ0) is 16.0. The number of nitrogens with one attached hydrogen (secondary N) is 1. The number of rotatable bonds is 8. The zero-order valence-corrected chi connectivity index (χ0v) is 15.1. The number of hydrogen-bond acceptors (Lipinski definition) is 4. The number of halogens is 1. The van der Waals surface area contributed by atoms with Crippen LogP contribution in [0.15, 0.2) is 50.5 Å². The average molecular weight is 404 g/mol. The van der Waals surface area contributed by atoms with Crippen LogP contribution in [0.2, 0.25) is 0 Å². The molecule has 0 aliphatic heterocycles. The molecular weight excluding hydrogens is 386 g/mol. The standard InChI is InChI=1S/C15H18BrNO3S2/c16-14-3-1-2-4-15(14)22(19,20)17-8-5-12(6-9-18)13-7-10-21-11-13/h1-4,7,10-12,17-18H,5-6,8-9H2. The third-order valence-electron chi connectivity index (χ3n) is 3.40. The van der Waals surface area contributed by atoms with E-state index >= 15 is 0 Å². The Bertz CT molecular complexity index is 687. The molecule has 4 nitrogen and oxygen atoms in total. The molecule has 2 rings (SSSR count). The van der Waals surface area contributed by atoms with Crippen LogP contribution in [0.3, 0.4) is 0 Å². The molecule has 2 N–H and O–H groups in total. The van der Waals surface area contributed by atoms with Crippen LogP contribution in [-0.4, -0.2) is 26.7 Å². The minimum atomic E-state index is -3.53. The van der Waals surface area contributed by atoms with Gasteiger partial charge in [0.1, 0.15) is 0 Å². The Balaban J connectivity index is 1.98. The van der Waals surface area contributed by atoms with Crippen molar-refractivity contribution in [3.05, 3.63) is 51.1 Å². The van der Waals surface area contributed by atoms with E-state index in [1.165, 1.54) is 0 Å². The van der Waals surface area contributed by atoms with Gasteiger partial charge in [-0.15, -0.1) is 0 Å². The van der Waals surface area contributed by atoms with Gasteiger partial charge in [-0.05, 0) is 69.2 Å². The topological polar surface area (TPSA) is 66.4 Å². The van der Waals surface area contributed by atoms with Gasteiger partial charge in [-0.2, -0.15) is 11.3 Å². The first kappa shape index (κ1) is 17.6. The predicted molar refractivity (Wildman–Crippen MR) is 92.7 cm³/mol. The molecule has 0 amide bonds. The van der Waals surface area contributed by atoms with Crippen LogP contribution >= 0.6 is 27.3 Å². The molecule has 0 fully saturated rings. The summed E-state index contributed by atoms with van der Waals surface area (Å²) in [6.07, 6.45) is 1.29. The fourth-order valence-electron chi connectivity index (χ4n) is 2.25. The third-order valence-corrected chi connectivity index (χ3v) is 6.58. The van der Waals surface area contributed by atoms with Gasteiger partial charge in [-0.25, -0.2) is 13.1 Å². The third kappa shape index (κ3) is 4.63. The van der Waals surface area contributed by atoms with Crippen molar-refractivity contribution in [3.63, 3.8) is 0 Å². The van der Waals surface area contributed by atoms with Gasteiger partial charge >= 0.3 is 0 Å². The van der Waals surface area contributed by atoms with Crippen LogP contribution in [0.25, 0.3) is 0 Å². The van der Waals surface area contributed by atoms with Crippen molar-refractivity contribution in [2.45, 2.75) is 23.7 Å². The highest BCUT2D eigenvalue weighted by Crippen LogP contribution is 2.25. The van der Waals surface area contributed by atoms with Crippen molar-refractivity contribution in [1.82, 2.24) is 4.72 Å². The Morgan fingerprint density at radius 2 is 2.00 bits per heavy atom. The van der Waals surface area contributed by atoms with Crippen LogP contribution in [-0.2, 0) is 10.0 Å². The molecule has 2 aromatic rings. The first-order chi connectivity index (χ1) is 10.5. The summed E-state index contributed by atoms with van der Waals surface area (Å²) in [6.45, 7) is 0.432. The summed E-state index contributed by atoms with van der Waals surface area (Å²) in [5, 5.41) is 13.2. The van der Waals surface area contributed by atoms with E-state index in [1.54, 1.807) is 35.6 Å². The quantitative estimate of drug-likeness (QED) is 0.709. The monoisotopic (exact) mass is 403 g/mol. The molecule has 1 atom stereocenters. The zero-order valence-electron chi connectivity index (χ0n) is 11.9. The molecule has 0 aliphatic rings. The number of benzene rings is 1. The Labute approximate surface area is 143 Å². The second-order valence-electron chi connectivity index (χ2n) is 4.88. The van der Waals surface area contributed by atoms with Gasteiger partial charge in [-0.1, -0.05) is 12.1 Å². The largest absolute Gasteiger partial charge is 0.396 e. The lowest BCUT2D eigenvalue weighted by Crippen LogP contribution is -2.26. The summed E-state index contributed by atoms with van der Waals surface area (Å²) in [6, 6.07) is 8.76. The maximum atomic E-state index is 12.3. The fourth-order valence-corrected chi connectivity index (χ4v) is 5.04. The molecule has 0 bridgehead atoms.